The van der Waals surface area contributed by atoms with Crippen LogP contribution in [-0.2, 0) is 114 Å². The van der Waals surface area contributed by atoms with Gasteiger partial charge in [0.25, 0.3) is 16.7 Å². The molecule has 1 aliphatic rings. The third-order valence-corrected chi connectivity index (χ3v) is 18.1. The predicted molar refractivity (Wildman–Crippen MR) is 423 cm³/mol. The molecule has 0 amide bonds. The predicted octanol–water partition coefficient (Wildman–Crippen LogP) is 10.8. The SMILES string of the molecule is CCCC(=O)OCn1c(-c2cnn(Cc3cccc(C(F)(F)F)c3)c2)nc2c1c(=O)n(CCC)c(=O)n2CC.CCC[C-]=O.CCCn1c(=O)c2c(n(CC)c1=O)N=C(c1cnn(Cc3cccc(C(F)(F)F)c3)c1)C2.CCCn1c(=O)c2c(nc(-c3cnn(Cc4cccc(C(F)(F)F)c4)c3)n2C(=O)OCCl)n(CC)c1=O.O=C(Cl)OCCl.[Na+]. The molecule has 0 atom stereocenters. The van der Waals surface area contributed by atoms with E-state index in [-0.39, 0.29) is 152 Å². The second-order valence-corrected chi connectivity index (χ2v) is 26.9. The Morgan fingerprint density at radius 2 is 0.900 bits per heavy atom. The van der Waals surface area contributed by atoms with Gasteiger partial charge in [-0.1, -0.05) is 101 Å². The van der Waals surface area contributed by atoms with Crippen molar-refractivity contribution in [3.05, 3.63) is 217 Å². The summed E-state index contributed by atoms with van der Waals surface area (Å²) in [5.74, 6) is 0.115. The van der Waals surface area contributed by atoms with Crippen molar-refractivity contribution in [2.24, 2.45) is 4.99 Å². The first-order valence-corrected chi connectivity index (χ1v) is 38.7. The van der Waals surface area contributed by atoms with Gasteiger partial charge in [-0.25, -0.2) is 43.5 Å². The molecule has 0 bridgehead atoms. The van der Waals surface area contributed by atoms with Crippen molar-refractivity contribution in [1.82, 2.24) is 75.8 Å². The van der Waals surface area contributed by atoms with Gasteiger partial charge in [-0.15, -0.1) is 0 Å². The molecule has 30 nitrogen and oxygen atoms in total. The molecule has 11 aromatic rings. The number of rotatable bonds is 26. The zero-order chi connectivity index (χ0) is 87.4. The van der Waals surface area contributed by atoms with Crippen LogP contribution in [0.25, 0.3) is 45.1 Å². The van der Waals surface area contributed by atoms with E-state index in [0.717, 1.165) is 56.5 Å². The number of alkyl halides is 11. The van der Waals surface area contributed by atoms with Gasteiger partial charge in [-0.05, 0) is 99.5 Å². The van der Waals surface area contributed by atoms with Crippen LogP contribution < -0.4 is 63.3 Å². The Hall–Kier alpha value is -10.7. The Morgan fingerprint density at radius 3 is 1.29 bits per heavy atom. The van der Waals surface area contributed by atoms with E-state index < -0.39 is 81.3 Å². The number of imidazole rings is 2. The minimum absolute atomic E-state index is 0. The third kappa shape index (κ3) is 23.4. The standard InChI is InChI=1S/C26H29F3N6O4.C23H22ClF3N6O4.C22H22F3N5O2.C4H7O.C2H2Cl2O2.Na/c1-4-8-20(36)39-16-35-21-23(33(6-3)25(38)34(11-5-2)24(21)37)31-22(35)18-13-30-32(15-18)14-17-9-7-10-19(12-17)26(27,28)29;1-3-8-32-20(34)17-19(31(4-2)21(32)35)29-18(33(17)22(36)37-13-24)15-10-28-30(12-15)11-14-6-5-7-16(9-14)23(25,26)27;1-3-8-30-20(31)17-10-18(27-19(17)29(4-2)21(30)32)15-11-26-28(13-15)12-14-6-5-7-16(9-14)22(23,24)25;1-2-3-4-5;3-1-6-2(4)5;/h7,9-10,12-13,15H,4-6,8,11,14,16H2,1-3H3;5-7,9-10,12H,3-4,8,11,13H2,1-2H3;5-7,9,11,13H,3-4,8,10,12H2,1-2H3;2-3H2,1H3;1H2;/q;;;-1;;+1. The smallest absolute Gasteiger partial charge is 0.542 e. The topological polar surface area (TPSA) is 329 Å². The van der Waals surface area contributed by atoms with E-state index in [1.54, 1.807) is 57.8 Å². The minimum Gasteiger partial charge on any atom is -0.542 e. The van der Waals surface area contributed by atoms with Crippen LogP contribution in [0.4, 0.5) is 54.9 Å². The summed E-state index contributed by atoms with van der Waals surface area (Å²) >= 11 is 15.1. The number of carbonyl (C=O) groups excluding carboxylic acids is 4. The molecule has 0 aliphatic carbocycles. The van der Waals surface area contributed by atoms with E-state index in [2.05, 4.69) is 46.6 Å². The number of aryl methyl sites for hydroxylation is 2. The summed E-state index contributed by atoms with van der Waals surface area (Å²) in [6, 6.07) is 14.2. The molecule has 0 N–H and O–H groups in total. The van der Waals surface area contributed by atoms with Crippen molar-refractivity contribution in [3.63, 3.8) is 0 Å². The Balaban J connectivity index is 0.000000233. The number of nitrogens with zero attached hydrogens (tertiary/aromatic N) is 17. The largest absolute Gasteiger partial charge is 1.00 e. The summed E-state index contributed by atoms with van der Waals surface area (Å²) in [6.45, 7) is 16.0. The van der Waals surface area contributed by atoms with Gasteiger partial charge >= 0.3 is 82.6 Å². The molecular formula is C77H82Cl3F9N17NaO13. The van der Waals surface area contributed by atoms with Crippen molar-refractivity contribution in [1.29, 1.82) is 0 Å². The van der Waals surface area contributed by atoms with Gasteiger partial charge in [0.1, 0.15) is 11.6 Å². The van der Waals surface area contributed by atoms with Crippen molar-refractivity contribution in [3.8, 4) is 22.8 Å². The molecule has 0 saturated carbocycles. The summed E-state index contributed by atoms with van der Waals surface area (Å²) in [5.41, 5.74) is -2.44. The van der Waals surface area contributed by atoms with E-state index in [4.69, 9.17) is 32.7 Å². The number of aliphatic imine (C=N–C) groups is 1. The molecule has 0 unspecified atom stereocenters. The van der Waals surface area contributed by atoms with Crippen molar-refractivity contribution < 1.29 is 102 Å². The number of unbranched alkanes of at least 4 members (excludes halogenated alkanes) is 1. The van der Waals surface area contributed by atoms with Crippen LogP contribution in [-0.4, -0.2) is 117 Å². The zero-order valence-corrected chi connectivity index (χ0v) is 70.7. The number of ether oxygens (including phenoxy) is 3. The molecule has 0 spiro atoms. The Labute approximate surface area is 714 Å². The van der Waals surface area contributed by atoms with Crippen LogP contribution in [0.15, 0.2) is 144 Å². The molecule has 12 rings (SSSR count). The zero-order valence-electron chi connectivity index (χ0n) is 66.5. The van der Waals surface area contributed by atoms with Crippen LogP contribution in [0.1, 0.15) is 145 Å². The molecule has 3 aromatic carbocycles. The van der Waals surface area contributed by atoms with E-state index in [9.17, 15) is 87.5 Å². The van der Waals surface area contributed by atoms with Gasteiger partial charge in [0.15, 0.2) is 47.0 Å². The van der Waals surface area contributed by atoms with E-state index in [0.29, 0.717) is 90.1 Å². The monoisotopic (exact) mass is 1750 g/mol. The van der Waals surface area contributed by atoms with Crippen LogP contribution in [0.3, 0.4) is 0 Å². The molecule has 0 radical (unpaired) electrons. The Kier molecular flexibility index (Phi) is 34.9. The Morgan fingerprint density at radius 1 is 0.492 bits per heavy atom. The van der Waals surface area contributed by atoms with Crippen LogP contribution in [0, 0.1) is 0 Å². The number of esters is 1. The van der Waals surface area contributed by atoms with Gasteiger partial charge in [-0.3, -0.25) is 71.5 Å². The van der Waals surface area contributed by atoms with Crippen LogP contribution >= 0.6 is 34.8 Å². The average molecular weight is 1750 g/mol. The number of aromatic nitrogens is 16. The maximum atomic E-state index is 13.4. The summed E-state index contributed by atoms with van der Waals surface area (Å²) in [5, 5.41) is 12.7. The average Bonchev–Trinajstić information content (AvgIpc) is 1.57. The van der Waals surface area contributed by atoms with Crippen LogP contribution in [0.2, 0.25) is 0 Å². The van der Waals surface area contributed by atoms with E-state index >= 15 is 0 Å². The fourth-order valence-corrected chi connectivity index (χ4v) is 12.7. The van der Waals surface area contributed by atoms with Crippen molar-refractivity contribution in [2.45, 2.75) is 191 Å². The second-order valence-electron chi connectivity index (χ2n) is 26.1. The maximum Gasteiger partial charge on any atom is 1.00 e. The van der Waals surface area contributed by atoms with Gasteiger partial charge < -0.3 is 19.0 Å². The first-order chi connectivity index (χ1) is 56.6. The first-order valence-electron chi connectivity index (χ1n) is 37.2. The van der Waals surface area contributed by atoms with Crippen molar-refractivity contribution >= 4 is 92.4 Å². The summed E-state index contributed by atoms with van der Waals surface area (Å²) in [6.07, 6.45) is 0.771. The van der Waals surface area contributed by atoms with E-state index in [1.165, 1.54) is 79.7 Å². The minimum atomic E-state index is -4.49. The number of halogens is 12. The quantitative estimate of drug-likeness (QED) is 0.00924. The molecular weight excluding hydrogens is 1670 g/mol. The molecule has 120 heavy (non-hydrogen) atoms. The van der Waals surface area contributed by atoms with Gasteiger partial charge in [-0.2, -0.15) is 61.2 Å². The number of fused-ring (bicyclic) bond motifs is 3. The number of carbonyl (C=O) groups is 3. The molecule has 0 fully saturated rings. The fraction of sp³-hybridized carbons (Fsp3) is 0.403. The number of hydrogen-bond donors (Lipinski definition) is 0. The second kappa shape index (κ2) is 43.5. The normalized spacial score (nSPS) is 11.8. The number of hydrogen-bond acceptors (Lipinski definition) is 19. The summed E-state index contributed by atoms with van der Waals surface area (Å²) < 4.78 is 146. The molecule has 8 aromatic heterocycles. The molecule has 0 saturated heterocycles. The fourth-order valence-electron chi connectivity index (χ4n) is 12.4. The summed E-state index contributed by atoms with van der Waals surface area (Å²) in [4.78, 5) is 136. The third-order valence-electron chi connectivity index (χ3n) is 17.7. The molecule has 9 heterocycles. The maximum absolute atomic E-state index is 13.4. The number of benzene rings is 3. The summed E-state index contributed by atoms with van der Waals surface area (Å²) in [7, 11) is 0. The van der Waals surface area contributed by atoms with Gasteiger partial charge in [0, 0.05) is 87.9 Å². The molecule has 1 aliphatic heterocycles. The first kappa shape index (κ1) is 96.4. The Bertz CT molecular complexity index is 5870. The van der Waals surface area contributed by atoms with Gasteiger partial charge in [0.05, 0.1) is 77.3 Å². The van der Waals surface area contributed by atoms with Crippen molar-refractivity contribution in [2.75, 3.05) is 12.1 Å². The van der Waals surface area contributed by atoms with Gasteiger partial charge in [0.2, 0.25) is 0 Å². The molecule has 638 valence electrons. The van der Waals surface area contributed by atoms with Crippen LogP contribution in [0.5, 0.6) is 0 Å². The van der Waals surface area contributed by atoms with E-state index in [1.807, 2.05) is 34.6 Å². The molecule has 43 heteroatoms.